The number of nitrogens with one attached hydrogen (secondary N) is 1. The summed E-state index contributed by atoms with van der Waals surface area (Å²) in [5.74, 6) is 0. The SMILES string of the molecule is CS(=O)(=O)NCCc1ccccc1S(=O)(=O)Cl. The molecule has 0 aliphatic rings. The molecule has 1 aromatic rings. The molecule has 0 amide bonds. The quantitative estimate of drug-likeness (QED) is 0.812. The van der Waals surface area contributed by atoms with Gasteiger partial charge in [-0.05, 0) is 18.1 Å². The maximum absolute atomic E-state index is 11.2. The first-order chi connectivity index (χ1) is 7.70. The highest BCUT2D eigenvalue weighted by atomic mass is 35.7. The number of hydrogen-bond acceptors (Lipinski definition) is 4. The molecule has 17 heavy (non-hydrogen) atoms. The van der Waals surface area contributed by atoms with Crippen LogP contribution in [0.5, 0.6) is 0 Å². The van der Waals surface area contributed by atoms with Gasteiger partial charge in [-0.2, -0.15) is 0 Å². The van der Waals surface area contributed by atoms with Gasteiger partial charge in [-0.25, -0.2) is 21.6 Å². The zero-order valence-corrected chi connectivity index (χ0v) is 11.4. The number of hydrogen-bond donors (Lipinski definition) is 1. The third-order valence-corrected chi connectivity index (χ3v) is 4.14. The molecule has 0 unspecified atom stereocenters. The molecule has 1 aromatic carbocycles. The van der Waals surface area contributed by atoms with Gasteiger partial charge < -0.3 is 0 Å². The fourth-order valence-corrected chi connectivity index (χ4v) is 2.97. The van der Waals surface area contributed by atoms with Gasteiger partial charge in [0.25, 0.3) is 9.05 Å². The summed E-state index contributed by atoms with van der Waals surface area (Å²) in [5.41, 5.74) is 0.485. The van der Waals surface area contributed by atoms with E-state index >= 15 is 0 Å². The van der Waals surface area contributed by atoms with Crippen LogP contribution in [0.15, 0.2) is 29.2 Å². The molecule has 1 N–H and O–H groups in total. The molecule has 0 fully saturated rings. The summed E-state index contributed by atoms with van der Waals surface area (Å²) in [6.45, 7) is 0.127. The minimum atomic E-state index is -3.80. The molecule has 5 nitrogen and oxygen atoms in total. The number of benzene rings is 1. The highest BCUT2D eigenvalue weighted by Crippen LogP contribution is 2.19. The smallest absolute Gasteiger partial charge is 0.215 e. The second kappa shape index (κ2) is 5.34. The summed E-state index contributed by atoms with van der Waals surface area (Å²) >= 11 is 0. The van der Waals surface area contributed by atoms with Crippen molar-refractivity contribution in [2.75, 3.05) is 12.8 Å². The molecule has 0 saturated carbocycles. The van der Waals surface area contributed by atoms with Crippen molar-refractivity contribution in [3.63, 3.8) is 0 Å². The molecule has 0 atom stereocenters. The molecule has 0 aromatic heterocycles. The van der Waals surface area contributed by atoms with Crippen LogP contribution in [0.2, 0.25) is 0 Å². The minimum absolute atomic E-state index is 0.0111. The van der Waals surface area contributed by atoms with E-state index in [1.807, 2.05) is 0 Å². The van der Waals surface area contributed by atoms with Gasteiger partial charge in [-0.3, -0.25) is 0 Å². The van der Waals surface area contributed by atoms with E-state index in [4.69, 9.17) is 10.7 Å². The van der Waals surface area contributed by atoms with Gasteiger partial charge in [0, 0.05) is 17.2 Å². The molecule has 1 rings (SSSR count). The third kappa shape index (κ3) is 5.03. The van der Waals surface area contributed by atoms with Crippen LogP contribution in [0.4, 0.5) is 0 Å². The van der Waals surface area contributed by atoms with Crippen molar-refractivity contribution in [3.05, 3.63) is 29.8 Å². The highest BCUT2D eigenvalue weighted by Gasteiger charge is 2.14. The van der Waals surface area contributed by atoms with Crippen LogP contribution >= 0.6 is 10.7 Å². The van der Waals surface area contributed by atoms with E-state index in [1.165, 1.54) is 6.07 Å². The Hall–Kier alpha value is -0.630. The number of rotatable bonds is 5. The Morgan fingerprint density at radius 3 is 2.29 bits per heavy atom. The first kappa shape index (κ1) is 14.4. The van der Waals surface area contributed by atoms with E-state index in [0.29, 0.717) is 5.56 Å². The lowest BCUT2D eigenvalue weighted by Crippen LogP contribution is -2.24. The molecule has 0 spiro atoms. The van der Waals surface area contributed by atoms with Gasteiger partial charge in [0.1, 0.15) is 0 Å². The predicted molar refractivity (Wildman–Crippen MR) is 66.0 cm³/mol. The van der Waals surface area contributed by atoms with Crippen molar-refractivity contribution in [1.82, 2.24) is 4.72 Å². The molecule has 96 valence electrons. The van der Waals surface area contributed by atoms with Gasteiger partial charge in [-0.15, -0.1) is 0 Å². The summed E-state index contributed by atoms with van der Waals surface area (Å²) in [7, 11) is -1.81. The first-order valence-corrected chi connectivity index (χ1v) is 8.87. The van der Waals surface area contributed by atoms with Crippen LogP contribution in [-0.2, 0) is 25.5 Å². The summed E-state index contributed by atoms with van der Waals surface area (Å²) in [6.07, 6.45) is 1.30. The van der Waals surface area contributed by atoms with Crippen molar-refractivity contribution in [2.24, 2.45) is 0 Å². The first-order valence-electron chi connectivity index (χ1n) is 4.67. The third-order valence-electron chi connectivity index (χ3n) is 1.99. The van der Waals surface area contributed by atoms with Crippen molar-refractivity contribution >= 4 is 29.8 Å². The lowest BCUT2D eigenvalue weighted by atomic mass is 10.1. The minimum Gasteiger partial charge on any atom is -0.215 e. The largest absolute Gasteiger partial charge is 0.261 e. The zero-order valence-electron chi connectivity index (χ0n) is 9.05. The highest BCUT2D eigenvalue weighted by molar-refractivity contribution is 8.13. The van der Waals surface area contributed by atoms with E-state index in [-0.39, 0.29) is 17.9 Å². The second-order valence-corrected chi connectivity index (χ2v) is 7.83. The van der Waals surface area contributed by atoms with Gasteiger partial charge in [-0.1, -0.05) is 18.2 Å². The standard InChI is InChI=1S/C9H12ClNO4S2/c1-16(12,13)11-7-6-8-4-2-3-5-9(8)17(10,14)15/h2-5,11H,6-7H2,1H3. The summed E-state index contributed by atoms with van der Waals surface area (Å²) in [5, 5.41) is 0. The Bertz CT molecular complexity index is 595. The van der Waals surface area contributed by atoms with Gasteiger partial charge in [0.15, 0.2) is 0 Å². The van der Waals surface area contributed by atoms with Gasteiger partial charge >= 0.3 is 0 Å². The topological polar surface area (TPSA) is 80.3 Å². The molecule has 0 aliphatic heterocycles. The normalized spacial score (nSPS) is 12.6. The van der Waals surface area contributed by atoms with Crippen LogP contribution in [0.3, 0.4) is 0 Å². The molecular formula is C9H12ClNO4S2. The number of halogens is 1. The molecule has 0 saturated heterocycles. The van der Waals surface area contributed by atoms with E-state index in [0.717, 1.165) is 6.26 Å². The summed E-state index contributed by atoms with van der Waals surface area (Å²) < 4.78 is 46.5. The molecule has 0 heterocycles. The fraction of sp³-hybridized carbons (Fsp3) is 0.333. The Balaban J connectivity index is 2.86. The summed E-state index contributed by atoms with van der Waals surface area (Å²) in [6, 6.07) is 6.21. The Morgan fingerprint density at radius 2 is 1.76 bits per heavy atom. The Labute approximate surface area is 105 Å². The van der Waals surface area contributed by atoms with Crippen molar-refractivity contribution in [3.8, 4) is 0 Å². The van der Waals surface area contributed by atoms with Crippen LogP contribution in [-0.4, -0.2) is 29.6 Å². The molecule has 0 aliphatic carbocycles. The average molecular weight is 298 g/mol. The van der Waals surface area contributed by atoms with Gasteiger partial charge in [0.2, 0.25) is 10.0 Å². The Morgan fingerprint density at radius 1 is 1.18 bits per heavy atom. The van der Waals surface area contributed by atoms with E-state index in [9.17, 15) is 16.8 Å². The number of sulfonamides is 1. The summed E-state index contributed by atoms with van der Waals surface area (Å²) in [4.78, 5) is 0.0111. The molecule has 8 heteroatoms. The lowest BCUT2D eigenvalue weighted by Gasteiger charge is -2.06. The van der Waals surface area contributed by atoms with E-state index < -0.39 is 19.1 Å². The van der Waals surface area contributed by atoms with Crippen LogP contribution < -0.4 is 4.72 Å². The monoisotopic (exact) mass is 297 g/mol. The predicted octanol–water partition coefficient (Wildman–Crippen LogP) is 0.706. The van der Waals surface area contributed by atoms with E-state index in [2.05, 4.69) is 4.72 Å². The van der Waals surface area contributed by atoms with Crippen molar-refractivity contribution in [2.45, 2.75) is 11.3 Å². The second-order valence-electron chi connectivity index (χ2n) is 3.46. The molecule has 0 radical (unpaired) electrons. The molecular weight excluding hydrogens is 286 g/mol. The van der Waals surface area contributed by atoms with E-state index in [1.54, 1.807) is 18.2 Å². The fourth-order valence-electron chi connectivity index (χ4n) is 1.32. The average Bonchev–Trinajstić information content (AvgIpc) is 2.15. The van der Waals surface area contributed by atoms with Gasteiger partial charge in [0.05, 0.1) is 11.2 Å². The maximum atomic E-state index is 11.2. The zero-order chi connectivity index (χ0) is 13.1. The lowest BCUT2D eigenvalue weighted by molar-refractivity contribution is 0.587. The van der Waals surface area contributed by atoms with Crippen LogP contribution in [0.1, 0.15) is 5.56 Å². The van der Waals surface area contributed by atoms with Crippen molar-refractivity contribution in [1.29, 1.82) is 0 Å². The molecule has 0 bridgehead atoms. The maximum Gasteiger partial charge on any atom is 0.261 e. The van der Waals surface area contributed by atoms with Crippen LogP contribution in [0, 0.1) is 0 Å². The van der Waals surface area contributed by atoms with Crippen molar-refractivity contribution < 1.29 is 16.8 Å². The van der Waals surface area contributed by atoms with Crippen LogP contribution in [0.25, 0.3) is 0 Å². The Kier molecular flexibility index (Phi) is 4.54.